The zero-order valence-electron chi connectivity index (χ0n) is 8.74. The van der Waals surface area contributed by atoms with Crippen molar-refractivity contribution in [3.8, 4) is 0 Å². The molecule has 1 aromatic rings. The minimum atomic E-state index is -0.533. The third kappa shape index (κ3) is 2.88. The van der Waals surface area contributed by atoms with Crippen LogP contribution >= 0.6 is 0 Å². The number of rotatable bonds is 6. The maximum atomic E-state index is 10.4. The third-order valence-corrected chi connectivity index (χ3v) is 1.82. The van der Waals surface area contributed by atoms with Crippen molar-refractivity contribution in [3.63, 3.8) is 0 Å². The molecule has 0 aliphatic carbocycles. The topological polar surface area (TPSA) is 72.2 Å². The Balaban J connectivity index is 2.88. The Bertz CT molecular complexity index is 378. The van der Waals surface area contributed by atoms with E-state index < -0.39 is 4.92 Å². The summed E-state index contributed by atoms with van der Waals surface area (Å²) in [6, 6.07) is 0. The molecule has 16 heavy (non-hydrogen) atoms. The normalized spacial score (nSPS) is 9.50. The van der Waals surface area contributed by atoms with Gasteiger partial charge in [0, 0.05) is 13.1 Å². The molecule has 6 heteroatoms. The molecule has 84 valence electrons. The standard InChI is InChI=1S/C10H12N4O2/c1-3-5-13(6-4-2)10-11-7-9(8-12-10)14(15)16/h3-4,7-8H,1-2,5-6H2. The molecule has 0 radical (unpaired) electrons. The third-order valence-electron chi connectivity index (χ3n) is 1.82. The molecular formula is C10H12N4O2. The zero-order valence-corrected chi connectivity index (χ0v) is 8.74. The zero-order chi connectivity index (χ0) is 12.0. The summed E-state index contributed by atoms with van der Waals surface area (Å²) in [6.45, 7) is 8.35. The molecule has 0 bridgehead atoms. The first-order chi connectivity index (χ1) is 7.69. The number of hydrogen-bond donors (Lipinski definition) is 0. The predicted molar refractivity (Wildman–Crippen MR) is 61.3 cm³/mol. The van der Waals surface area contributed by atoms with E-state index in [0.29, 0.717) is 19.0 Å². The van der Waals surface area contributed by atoms with Crippen molar-refractivity contribution >= 4 is 11.6 Å². The van der Waals surface area contributed by atoms with E-state index in [1.54, 1.807) is 17.1 Å². The van der Waals surface area contributed by atoms with Gasteiger partial charge in [-0.2, -0.15) is 0 Å². The molecule has 0 aromatic carbocycles. The lowest BCUT2D eigenvalue weighted by molar-refractivity contribution is -0.385. The molecule has 1 heterocycles. The molecule has 1 aromatic heterocycles. The SMILES string of the molecule is C=CCN(CC=C)c1ncc([N+](=O)[O-])cn1. The van der Waals surface area contributed by atoms with Gasteiger partial charge in [0.05, 0.1) is 4.92 Å². The lowest BCUT2D eigenvalue weighted by Crippen LogP contribution is -2.25. The van der Waals surface area contributed by atoms with E-state index in [0.717, 1.165) is 0 Å². The van der Waals surface area contributed by atoms with Crippen LogP contribution < -0.4 is 4.90 Å². The Hall–Kier alpha value is -2.24. The highest BCUT2D eigenvalue weighted by atomic mass is 16.6. The fourth-order valence-electron chi connectivity index (χ4n) is 1.12. The lowest BCUT2D eigenvalue weighted by Gasteiger charge is -2.18. The maximum Gasteiger partial charge on any atom is 0.305 e. The van der Waals surface area contributed by atoms with Crippen LogP contribution in [-0.4, -0.2) is 28.0 Å². The summed E-state index contributed by atoms with van der Waals surface area (Å²) in [5.41, 5.74) is -0.124. The summed E-state index contributed by atoms with van der Waals surface area (Å²) in [6.07, 6.45) is 5.77. The summed E-state index contributed by atoms with van der Waals surface area (Å²) in [5.74, 6) is 0.422. The fraction of sp³-hybridized carbons (Fsp3) is 0.200. The molecule has 0 spiro atoms. The largest absolute Gasteiger partial charge is 0.333 e. The molecule has 0 aliphatic rings. The average Bonchev–Trinajstić information content (AvgIpc) is 2.29. The number of nitrogens with zero attached hydrogens (tertiary/aromatic N) is 4. The van der Waals surface area contributed by atoms with E-state index in [9.17, 15) is 10.1 Å². The van der Waals surface area contributed by atoms with Gasteiger partial charge in [0.25, 0.3) is 0 Å². The van der Waals surface area contributed by atoms with Crippen LogP contribution in [0.3, 0.4) is 0 Å². The molecule has 0 fully saturated rings. The Morgan fingerprint density at radius 2 is 1.81 bits per heavy atom. The monoisotopic (exact) mass is 220 g/mol. The van der Waals surface area contributed by atoms with E-state index in [1.807, 2.05) is 0 Å². The molecule has 0 aliphatic heterocycles. The molecule has 6 nitrogen and oxygen atoms in total. The molecular weight excluding hydrogens is 208 g/mol. The smallest absolute Gasteiger partial charge is 0.305 e. The summed E-state index contributed by atoms with van der Waals surface area (Å²) >= 11 is 0. The summed E-state index contributed by atoms with van der Waals surface area (Å²) in [5, 5.41) is 10.4. The van der Waals surface area contributed by atoms with Crippen LogP contribution in [0.2, 0.25) is 0 Å². The lowest BCUT2D eigenvalue weighted by atomic mass is 10.4. The van der Waals surface area contributed by atoms with Crippen LogP contribution in [0.15, 0.2) is 37.7 Å². The van der Waals surface area contributed by atoms with Crippen molar-refractivity contribution in [2.45, 2.75) is 0 Å². The molecule has 0 atom stereocenters. The number of aromatic nitrogens is 2. The quantitative estimate of drug-likeness (QED) is 0.413. The van der Waals surface area contributed by atoms with E-state index in [1.165, 1.54) is 12.4 Å². The summed E-state index contributed by atoms with van der Waals surface area (Å²) in [4.78, 5) is 19.5. The molecule has 0 amide bonds. The Morgan fingerprint density at radius 3 is 2.19 bits per heavy atom. The predicted octanol–water partition coefficient (Wildman–Crippen LogP) is 1.56. The molecule has 1 rings (SSSR count). The van der Waals surface area contributed by atoms with Crippen molar-refractivity contribution in [1.82, 2.24) is 9.97 Å². The second-order valence-electron chi connectivity index (χ2n) is 2.98. The minimum absolute atomic E-state index is 0.124. The second-order valence-corrected chi connectivity index (χ2v) is 2.98. The van der Waals surface area contributed by atoms with Gasteiger partial charge in [-0.25, -0.2) is 9.97 Å². The number of hydrogen-bond acceptors (Lipinski definition) is 5. The number of anilines is 1. The second kappa shape index (κ2) is 5.59. The van der Waals surface area contributed by atoms with Gasteiger partial charge in [-0.1, -0.05) is 12.2 Å². The fourth-order valence-corrected chi connectivity index (χ4v) is 1.12. The van der Waals surface area contributed by atoms with E-state index in [4.69, 9.17) is 0 Å². The van der Waals surface area contributed by atoms with Crippen LogP contribution in [0, 0.1) is 10.1 Å². The summed E-state index contributed by atoms with van der Waals surface area (Å²) in [7, 11) is 0. The first-order valence-corrected chi connectivity index (χ1v) is 4.62. The maximum absolute atomic E-state index is 10.4. The average molecular weight is 220 g/mol. The van der Waals surface area contributed by atoms with E-state index >= 15 is 0 Å². The van der Waals surface area contributed by atoms with Crippen molar-refractivity contribution in [1.29, 1.82) is 0 Å². The van der Waals surface area contributed by atoms with Gasteiger partial charge < -0.3 is 4.90 Å². The highest BCUT2D eigenvalue weighted by molar-refractivity contribution is 5.35. The van der Waals surface area contributed by atoms with Crippen molar-refractivity contribution < 1.29 is 4.92 Å². The van der Waals surface area contributed by atoms with Gasteiger partial charge in [0.2, 0.25) is 5.95 Å². The molecule has 0 saturated heterocycles. The van der Waals surface area contributed by atoms with Crippen LogP contribution in [0.1, 0.15) is 0 Å². The van der Waals surface area contributed by atoms with Crippen molar-refractivity contribution in [2.24, 2.45) is 0 Å². The Morgan fingerprint density at radius 1 is 1.31 bits per heavy atom. The van der Waals surface area contributed by atoms with Crippen LogP contribution in [0.4, 0.5) is 11.6 Å². The Kier molecular flexibility index (Phi) is 4.14. The Labute approximate surface area is 93.1 Å². The minimum Gasteiger partial charge on any atom is -0.333 e. The number of nitro groups is 1. The van der Waals surface area contributed by atoms with Crippen LogP contribution in [0.25, 0.3) is 0 Å². The highest BCUT2D eigenvalue weighted by Crippen LogP contribution is 2.11. The van der Waals surface area contributed by atoms with Gasteiger partial charge >= 0.3 is 5.69 Å². The van der Waals surface area contributed by atoms with Crippen molar-refractivity contribution in [2.75, 3.05) is 18.0 Å². The van der Waals surface area contributed by atoms with Crippen LogP contribution in [-0.2, 0) is 0 Å². The molecule has 0 N–H and O–H groups in total. The summed E-state index contributed by atoms with van der Waals surface area (Å²) < 4.78 is 0. The van der Waals surface area contributed by atoms with Crippen molar-refractivity contribution in [3.05, 3.63) is 47.8 Å². The van der Waals surface area contributed by atoms with E-state index in [2.05, 4.69) is 23.1 Å². The van der Waals surface area contributed by atoms with Crippen LogP contribution in [0.5, 0.6) is 0 Å². The van der Waals surface area contributed by atoms with Gasteiger partial charge in [-0.05, 0) is 0 Å². The van der Waals surface area contributed by atoms with Gasteiger partial charge in [-0.3, -0.25) is 10.1 Å². The molecule has 0 unspecified atom stereocenters. The first-order valence-electron chi connectivity index (χ1n) is 4.62. The van der Waals surface area contributed by atoms with E-state index in [-0.39, 0.29) is 5.69 Å². The molecule has 0 saturated carbocycles. The van der Waals surface area contributed by atoms with Gasteiger partial charge in [0.1, 0.15) is 12.4 Å². The first kappa shape index (κ1) is 11.8. The van der Waals surface area contributed by atoms with Gasteiger partial charge in [-0.15, -0.1) is 13.2 Å². The van der Waals surface area contributed by atoms with Gasteiger partial charge in [0.15, 0.2) is 0 Å². The highest BCUT2D eigenvalue weighted by Gasteiger charge is 2.10.